The summed E-state index contributed by atoms with van der Waals surface area (Å²) < 4.78 is 5.19. The van der Waals surface area contributed by atoms with Crippen molar-refractivity contribution in [2.75, 3.05) is 58.3 Å². The number of nitrogens with one attached hydrogen (secondary N) is 1. The van der Waals surface area contributed by atoms with Crippen molar-refractivity contribution in [3.05, 3.63) is 48.0 Å². The predicted octanol–water partition coefficient (Wildman–Crippen LogP) is 0.928. The van der Waals surface area contributed by atoms with Crippen LogP contribution in [-0.2, 0) is 0 Å². The monoisotopic (exact) mass is 371 g/mol. The number of hydrogen-bond acceptors (Lipinski definition) is 6. The minimum Gasteiger partial charge on any atom is -0.459 e. The SMILES string of the molecule is CN(C)CCNC(=O)c1cccnc1N1CCN(C(=O)c2ccco2)CC1. The first-order valence-electron chi connectivity index (χ1n) is 9.02. The second-order valence-corrected chi connectivity index (χ2v) is 6.69. The number of carbonyl (C=O) groups is 2. The lowest BCUT2D eigenvalue weighted by molar-refractivity contribution is 0.0713. The minimum absolute atomic E-state index is 0.109. The van der Waals surface area contributed by atoms with E-state index in [-0.39, 0.29) is 11.8 Å². The molecule has 144 valence electrons. The fraction of sp³-hybridized carbons (Fsp3) is 0.421. The van der Waals surface area contributed by atoms with Crippen molar-refractivity contribution in [3.63, 3.8) is 0 Å². The lowest BCUT2D eigenvalue weighted by Gasteiger charge is -2.35. The Labute approximate surface area is 158 Å². The highest BCUT2D eigenvalue weighted by atomic mass is 16.3. The maximum Gasteiger partial charge on any atom is 0.289 e. The molecule has 8 heteroatoms. The third-order valence-corrected chi connectivity index (χ3v) is 4.47. The molecule has 8 nitrogen and oxygen atoms in total. The molecule has 27 heavy (non-hydrogen) atoms. The average molecular weight is 371 g/mol. The molecule has 1 saturated heterocycles. The Bertz CT molecular complexity index is 767. The number of anilines is 1. The van der Waals surface area contributed by atoms with Gasteiger partial charge < -0.3 is 24.4 Å². The van der Waals surface area contributed by atoms with E-state index in [0.29, 0.717) is 49.9 Å². The normalized spacial score (nSPS) is 14.5. The number of likely N-dealkylation sites (N-methyl/N-ethyl adjacent to an activating group) is 1. The summed E-state index contributed by atoms with van der Waals surface area (Å²) in [6.07, 6.45) is 3.19. The third-order valence-electron chi connectivity index (χ3n) is 4.47. The van der Waals surface area contributed by atoms with Crippen LogP contribution in [0.2, 0.25) is 0 Å². The molecular formula is C19H25N5O3. The van der Waals surface area contributed by atoms with Crippen LogP contribution in [0.4, 0.5) is 5.82 Å². The smallest absolute Gasteiger partial charge is 0.289 e. The molecule has 1 N–H and O–H groups in total. The summed E-state index contributed by atoms with van der Waals surface area (Å²) in [4.78, 5) is 35.2. The van der Waals surface area contributed by atoms with Crippen LogP contribution in [0.15, 0.2) is 41.1 Å². The van der Waals surface area contributed by atoms with Crippen molar-refractivity contribution in [1.82, 2.24) is 20.1 Å². The Hall–Kier alpha value is -2.87. The van der Waals surface area contributed by atoms with E-state index in [0.717, 1.165) is 6.54 Å². The molecule has 0 saturated carbocycles. The Morgan fingerprint density at radius 2 is 1.96 bits per heavy atom. The molecular weight excluding hydrogens is 346 g/mol. The van der Waals surface area contributed by atoms with E-state index in [1.165, 1.54) is 6.26 Å². The Balaban J connectivity index is 1.62. The standard InChI is InChI=1S/C19H25N5O3/c1-22(2)9-8-21-18(25)15-5-3-7-20-17(15)23-10-12-24(13-11-23)19(26)16-6-4-14-27-16/h3-7,14H,8-13H2,1-2H3,(H,21,25). The quantitative estimate of drug-likeness (QED) is 0.814. The molecule has 0 spiro atoms. The zero-order chi connectivity index (χ0) is 19.2. The summed E-state index contributed by atoms with van der Waals surface area (Å²) in [6.45, 7) is 3.68. The van der Waals surface area contributed by atoms with E-state index in [2.05, 4.69) is 10.3 Å². The fourth-order valence-corrected chi connectivity index (χ4v) is 2.99. The van der Waals surface area contributed by atoms with Gasteiger partial charge in [-0.1, -0.05) is 0 Å². The van der Waals surface area contributed by atoms with Gasteiger partial charge in [-0.15, -0.1) is 0 Å². The summed E-state index contributed by atoms with van der Waals surface area (Å²) >= 11 is 0. The first kappa shape index (κ1) is 18.9. The van der Waals surface area contributed by atoms with Crippen LogP contribution in [0.25, 0.3) is 0 Å². The molecule has 2 amide bonds. The van der Waals surface area contributed by atoms with E-state index < -0.39 is 0 Å². The molecule has 0 radical (unpaired) electrons. The summed E-state index contributed by atoms with van der Waals surface area (Å²) in [5.74, 6) is 0.767. The first-order chi connectivity index (χ1) is 13.1. The highest BCUT2D eigenvalue weighted by Crippen LogP contribution is 2.20. The molecule has 2 aromatic rings. The maximum absolute atomic E-state index is 12.5. The first-order valence-corrected chi connectivity index (χ1v) is 9.02. The van der Waals surface area contributed by atoms with Crippen LogP contribution in [0.3, 0.4) is 0 Å². The fourth-order valence-electron chi connectivity index (χ4n) is 2.99. The maximum atomic E-state index is 12.5. The highest BCUT2D eigenvalue weighted by molar-refractivity contribution is 5.99. The molecule has 2 aromatic heterocycles. The minimum atomic E-state index is -0.131. The number of pyridine rings is 1. The van der Waals surface area contributed by atoms with E-state index in [4.69, 9.17) is 4.42 Å². The van der Waals surface area contributed by atoms with Crippen LogP contribution in [-0.4, -0.2) is 80.0 Å². The van der Waals surface area contributed by atoms with Crippen molar-refractivity contribution >= 4 is 17.6 Å². The van der Waals surface area contributed by atoms with Crippen LogP contribution in [0.5, 0.6) is 0 Å². The van der Waals surface area contributed by atoms with E-state index in [1.54, 1.807) is 35.4 Å². The van der Waals surface area contributed by atoms with Crippen molar-refractivity contribution in [2.24, 2.45) is 0 Å². The average Bonchev–Trinajstić information content (AvgIpc) is 3.22. The number of carbonyl (C=O) groups excluding carboxylic acids is 2. The van der Waals surface area contributed by atoms with Crippen LogP contribution >= 0.6 is 0 Å². The molecule has 3 heterocycles. The van der Waals surface area contributed by atoms with Gasteiger partial charge in [0.25, 0.3) is 11.8 Å². The largest absolute Gasteiger partial charge is 0.459 e. The topological polar surface area (TPSA) is 81.9 Å². The summed E-state index contributed by atoms with van der Waals surface area (Å²) in [7, 11) is 3.93. The molecule has 0 bridgehead atoms. The zero-order valence-electron chi connectivity index (χ0n) is 15.7. The molecule has 0 aliphatic carbocycles. The van der Waals surface area contributed by atoms with Gasteiger partial charge in [0, 0.05) is 45.5 Å². The Morgan fingerprint density at radius 1 is 1.19 bits per heavy atom. The molecule has 3 rings (SSSR count). The van der Waals surface area contributed by atoms with E-state index >= 15 is 0 Å². The lowest BCUT2D eigenvalue weighted by Crippen LogP contribution is -2.49. The molecule has 0 aromatic carbocycles. The van der Waals surface area contributed by atoms with Crippen molar-refractivity contribution in [1.29, 1.82) is 0 Å². The number of amides is 2. The van der Waals surface area contributed by atoms with Gasteiger partial charge in [-0.2, -0.15) is 0 Å². The van der Waals surface area contributed by atoms with Crippen molar-refractivity contribution < 1.29 is 14.0 Å². The predicted molar refractivity (Wildman–Crippen MR) is 102 cm³/mol. The molecule has 1 aliphatic heterocycles. The Morgan fingerprint density at radius 3 is 2.63 bits per heavy atom. The summed E-state index contributed by atoms with van der Waals surface area (Å²) in [5, 5.41) is 2.93. The zero-order valence-corrected chi connectivity index (χ0v) is 15.7. The molecule has 0 unspecified atom stereocenters. The second-order valence-electron chi connectivity index (χ2n) is 6.69. The van der Waals surface area contributed by atoms with Gasteiger partial charge in [0.2, 0.25) is 0 Å². The highest BCUT2D eigenvalue weighted by Gasteiger charge is 2.26. The number of furan rings is 1. The van der Waals surface area contributed by atoms with Gasteiger partial charge in [-0.25, -0.2) is 4.98 Å². The molecule has 1 aliphatic rings. The van der Waals surface area contributed by atoms with Gasteiger partial charge in [0.1, 0.15) is 5.82 Å². The molecule has 0 atom stereocenters. The Kier molecular flexibility index (Phi) is 6.08. The van der Waals surface area contributed by atoms with E-state index in [9.17, 15) is 9.59 Å². The molecule has 1 fully saturated rings. The number of rotatable bonds is 6. The van der Waals surface area contributed by atoms with Gasteiger partial charge in [0.15, 0.2) is 5.76 Å². The third kappa shape index (κ3) is 4.65. The van der Waals surface area contributed by atoms with Gasteiger partial charge in [-0.05, 0) is 38.4 Å². The van der Waals surface area contributed by atoms with Crippen LogP contribution in [0.1, 0.15) is 20.9 Å². The van der Waals surface area contributed by atoms with E-state index in [1.807, 2.05) is 23.9 Å². The summed E-state index contributed by atoms with van der Waals surface area (Å²) in [6, 6.07) is 6.93. The summed E-state index contributed by atoms with van der Waals surface area (Å²) in [5.41, 5.74) is 0.557. The van der Waals surface area contributed by atoms with Gasteiger partial charge in [-0.3, -0.25) is 9.59 Å². The van der Waals surface area contributed by atoms with Crippen molar-refractivity contribution in [2.45, 2.75) is 0 Å². The number of hydrogen-bond donors (Lipinski definition) is 1. The van der Waals surface area contributed by atoms with Crippen LogP contribution < -0.4 is 10.2 Å². The second kappa shape index (κ2) is 8.68. The van der Waals surface area contributed by atoms with Crippen LogP contribution in [0, 0.1) is 0 Å². The number of aromatic nitrogens is 1. The lowest BCUT2D eigenvalue weighted by atomic mass is 10.2. The van der Waals surface area contributed by atoms with Gasteiger partial charge >= 0.3 is 0 Å². The number of nitrogens with zero attached hydrogens (tertiary/aromatic N) is 4. The number of piperazine rings is 1. The van der Waals surface area contributed by atoms with Gasteiger partial charge in [0.05, 0.1) is 11.8 Å². The van der Waals surface area contributed by atoms with Crippen molar-refractivity contribution in [3.8, 4) is 0 Å².